The molecule has 1 aromatic heterocycles. The fourth-order valence-corrected chi connectivity index (χ4v) is 3.59. The third-order valence-electron chi connectivity index (χ3n) is 3.32. The number of aromatic amines is 1. The summed E-state index contributed by atoms with van der Waals surface area (Å²) in [5.41, 5.74) is 2.48. The second-order valence-corrected chi connectivity index (χ2v) is 5.95. The van der Waals surface area contributed by atoms with Gasteiger partial charge in [0.2, 0.25) is 0 Å². The van der Waals surface area contributed by atoms with E-state index in [1.807, 2.05) is 6.20 Å². The van der Waals surface area contributed by atoms with E-state index in [1.165, 1.54) is 36.3 Å². The molecule has 16 heavy (non-hydrogen) atoms. The summed E-state index contributed by atoms with van der Waals surface area (Å²) in [4.78, 5) is 0. The lowest BCUT2D eigenvalue weighted by Crippen LogP contribution is -2.33. The maximum Gasteiger partial charge on any atom is 0.0535 e. The lowest BCUT2D eigenvalue weighted by molar-refractivity contribution is 0.531. The number of aromatic nitrogens is 2. The van der Waals surface area contributed by atoms with Gasteiger partial charge in [-0.2, -0.15) is 16.9 Å². The standard InChI is InChI=1S/C12H21N3S/c1-3-16-12-6-4-5-11(12)13-7-10-8-14-15-9(10)2/h8,11-13H,3-7H2,1-2H3,(H,14,15). The van der Waals surface area contributed by atoms with Crippen LogP contribution in [-0.4, -0.2) is 27.2 Å². The lowest BCUT2D eigenvalue weighted by atomic mass is 10.2. The topological polar surface area (TPSA) is 40.7 Å². The second-order valence-electron chi connectivity index (χ2n) is 4.43. The van der Waals surface area contributed by atoms with Crippen LogP contribution in [0.25, 0.3) is 0 Å². The summed E-state index contributed by atoms with van der Waals surface area (Å²) in [6, 6.07) is 0.694. The Balaban J connectivity index is 1.83. The molecule has 0 aromatic carbocycles. The zero-order valence-corrected chi connectivity index (χ0v) is 10.9. The average Bonchev–Trinajstić information content (AvgIpc) is 2.86. The zero-order valence-electron chi connectivity index (χ0n) is 10.1. The van der Waals surface area contributed by atoms with Gasteiger partial charge >= 0.3 is 0 Å². The molecule has 0 amide bonds. The largest absolute Gasteiger partial charge is 0.309 e. The molecule has 0 saturated heterocycles. The first-order chi connectivity index (χ1) is 7.81. The van der Waals surface area contributed by atoms with Crippen LogP contribution in [-0.2, 0) is 6.54 Å². The van der Waals surface area contributed by atoms with Crippen LogP contribution in [0.2, 0.25) is 0 Å². The summed E-state index contributed by atoms with van der Waals surface area (Å²) in [5, 5.41) is 11.5. The zero-order chi connectivity index (χ0) is 11.4. The Morgan fingerprint density at radius 2 is 2.44 bits per heavy atom. The summed E-state index contributed by atoms with van der Waals surface area (Å²) >= 11 is 2.10. The molecular weight excluding hydrogens is 218 g/mol. The van der Waals surface area contributed by atoms with Crippen molar-refractivity contribution in [2.45, 2.75) is 50.9 Å². The summed E-state index contributed by atoms with van der Waals surface area (Å²) in [6.07, 6.45) is 6.01. The van der Waals surface area contributed by atoms with Crippen LogP contribution in [0.3, 0.4) is 0 Å². The highest BCUT2D eigenvalue weighted by Crippen LogP contribution is 2.30. The van der Waals surface area contributed by atoms with Gasteiger partial charge in [0, 0.05) is 29.1 Å². The predicted molar refractivity (Wildman–Crippen MR) is 69.7 cm³/mol. The minimum atomic E-state index is 0.694. The van der Waals surface area contributed by atoms with Crippen molar-refractivity contribution >= 4 is 11.8 Å². The first-order valence-electron chi connectivity index (χ1n) is 6.15. The number of hydrogen-bond donors (Lipinski definition) is 2. The molecule has 4 heteroatoms. The van der Waals surface area contributed by atoms with E-state index in [-0.39, 0.29) is 0 Å². The van der Waals surface area contributed by atoms with Crippen molar-refractivity contribution in [1.82, 2.24) is 15.5 Å². The molecule has 0 aliphatic heterocycles. The number of thioether (sulfide) groups is 1. The first-order valence-corrected chi connectivity index (χ1v) is 7.20. The van der Waals surface area contributed by atoms with E-state index >= 15 is 0 Å². The van der Waals surface area contributed by atoms with Crippen LogP contribution in [0, 0.1) is 6.92 Å². The molecule has 3 nitrogen and oxygen atoms in total. The van der Waals surface area contributed by atoms with E-state index < -0.39 is 0 Å². The first kappa shape index (κ1) is 12.0. The van der Waals surface area contributed by atoms with Crippen LogP contribution >= 0.6 is 11.8 Å². The van der Waals surface area contributed by atoms with Crippen LogP contribution in [0.1, 0.15) is 37.4 Å². The monoisotopic (exact) mass is 239 g/mol. The van der Waals surface area contributed by atoms with Gasteiger partial charge in [0.15, 0.2) is 0 Å². The van der Waals surface area contributed by atoms with Crippen molar-refractivity contribution < 1.29 is 0 Å². The molecule has 1 aliphatic rings. The normalized spacial score (nSPS) is 25.1. The maximum absolute atomic E-state index is 4.05. The van der Waals surface area contributed by atoms with E-state index in [1.54, 1.807) is 0 Å². The molecule has 0 spiro atoms. The highest BCUT2D eigenvalue weighted by atomic mass is 32.2. The molecule has 1 aromatic rings. The minimum Gasteiger partial charge on any atom is -0.309 e. The van der Waals surface area contributed by atoms with Crippen molar-refractivity contribution in [1.29, 1.82) is 0 Å². The molecule has 1 saturated carbocycles. The fraction of sp³-hybridized carbons (Fsp3) is 0.750. The van der Waals surface area contributed by atoms with Gasteiger partial charge < -0.3 is 5.32 Å². The Kier molecular flexibility index (Phi) is 4.29. The maximum atomic E-state index is 4.05. The number of H-pyrrole nitrogens is 1. The molecule has 0 radical (unpaired) electrons. The quantitative estimate of drug-likeness (QED) is 0.829. The molecular formula is C12H21N3S. The van der Waals surface area contributed by atoms with E-state index in [9.17, 15) is 0 Å². The van der Waals surface area contributed by atoms with Gasteiger partial charge in [0.1, 0.15) is 0 Å². The molecule has 2 atom stereocenters. The molecule has 0 bridgehead atoms. The van der Waals surface area contributed by atoms with Gasteiger partial charge in [-0.1, -0.05) is 13.3 Å². The number of nitrogens with one attached hydrogen (secondary N) is 2. The molecule has 2 N–H and O–H groups in total. The van der Waals surface area contributed by atoms with Gasteiger partial charge in [0.25, 0.3) is 0 Å². The summed E-state index contributed by atoms with van der Waals surface area (Å²) < 4.78 is 0. The van der Waals surface area contributed by atoms with E-state index in [4.69, 9.17) is 0 Å². The number of rotatable bonds is 5. The Morgan fingerprint density at radius 3 is 3.12 bits per heavy atom. The molecule has 1 heterocycles. The third-order valence-corrected chi connectivity index (χ3v) is 4.65. The summed E-state index contributed by atoms with van der Waals surface area (Å²) in [5.74, 6) is 1.23. The summed E-state index contributed by atoms with van der Waals surface area (Å²) in [6.45, 7) is 5.28. The fourth-order valence-electron chi connectivity index (χ4n) is 2.37. The van der Waals surface area contributed by atoms with E-state index in [2.05, 4.69) is 41.1 Å². The van der Waals surface area contributed by atoms with Gasteiger partial charge in [0.05, 0.1) is 6.20 Å². The van der Waals surface area contributed by atoms with Crippen LogP contribution in [0.5, 0.6) is 0 Å². The Morgan fingerprint density at radius 1 is 1.56 bits per heavy atom. The Hall–Kier alpha value is -0.480. The molecule has 1 fully saturated rings. The molecule has 2 unspecified atom stereocenters. The second kappa shape index (κ2) is 5.73. The van der Waals surface area contributed by atoms with Crippen molar-refractivity contribution in [2.24, 2.45) is 0 Å². The summed E-state index contributed by atoms with van der Waals surface area (Å²) in [7, 11) is 0. The van der Waals surface area contributed by atoms with Crippen molar-refractivity contribution in [3.63, 3.8) is 0 Å². The lowest BCUT2D eigenvalue weighted by Gasteiger charge is -2.19. The number of aryl methyl sites for hydroxylation is 1. The number of hydrogen-bond acceptors (Lipinski definition) is 3. The predicted octanol–water partition coefficient (Wildman–Crippen LogP) is 2.48. The van der Waals surface area contributed by atoms with Crippen LogP contribution < -0.4 is 5.32 Å². The van der Waals surface area contributed by atoms with Gasteiger partial charge in [-0.15, -0.1) is 0 Å². The smallest absolute Gasteiger partial charge is 0.0535 e. The molecule has 1 aliphatic carbocycles. The molecule has 90 valence electrons. The average molecular weight is 239 g/mol. The van der Waals surface area contributed by atoms with E-state index in [0.29, 0.717) is 6.04 Å². The van der Waals surface area contributed by atoms with Crippen molar-refractivity contribution in [3.8, 4) is 0 Å². The Labute approximate surface area is 102 Å². The SMILES string of the molecule is CCSC1CCCC1NCc1cn[nH]c1C. The highest BCUT2D eigenvalue weighted by Gasteiger charge is 2.26. The van der Waals surface area contributed by atoms with E-state index in [0.717, 1.165) is 11.8 Å². The third kappa shape index (κ3) is 2.80. The highest BCUT2D eigenvalue weighted by molar-refractivity contribution is 7.99. The van der Waals surface area contributed by atoms with Gasteiger partial charge in [-0.25, -0.2) is 0 Å². The van der Waals surface area contributed by atoms with Crippen LogP contribution in [0.15, 0.2) is 6.20 Å². The minimum absolute atomic E-state index is 0.694. The van der Waals surface area contributed by atoms with Crippen molar-refractivity contribution in [3.05, 3.63) is 17.5 Å². The molecule has 2 rings (SSSR count). The number of nitrogens with zero attached hydrogens (tertiary/aromatic N) is 1. The van der Waals surface area contributed by atoms with Gasteiger partial charge in [-0.05, 0) is 25.5 Å². The van der Waals surface area contributed by atoms with Crippen LogP contribution in [0.4, 0.5) is 0 Å². The Bertz CT molecular complexity index is 324. The van der Waals surface area contributed by atoms with Gasteiger partial charge in [-0.3, -0.25) is 5.10 Å². The van der Waals surface area contributed by atoms with Crippen molar-refractivity contribution in [2.75, 3.05) is 5.75 Å².